The fourth-order valence-corrected chi connectivity index (χ4v) is 2.03. The van der Waals surface area contributed by atoms with Gasteiger partial charge in [-0.1, -0.05) is 0 Å². The molecule has 0 aromatic carbocycles. The van der Waals surface area contributed by atoms with Crippen LogP contribution in [-0.2, 0) is 0 Å². The van der Waals surface area contributed by atoms with E-state index in [9.17, 15) is 0 Å². The van der Waals surface area contributed by atoms with E-state index in [0.717, 1.165) is 27.7 Å². The van der Waals surface area contributed by atoms with E-state index in [-0.39, 0.29) is 0 Å². The predicted octanol–water partition coefficient (Wildman–Crippen LogP) is 2.10. The first-order valence-electron chi connectivity index (χ1n) is 5.61. The van der Waals surface area contributed by atoms with Gasteiger partial charge in [0, 0.05) is 23.3 Å². The first-order chi connectivity index (χ1) is 8.65. The summed E-state index contributed by atoms with van der Waals surface area (Å²) < 4.78 is 0. The van der Waals surface area contributed by atoms with E-state index in [4.69, 9.17) is 11.5 Å². The van der Waals surface area contributed by atoms with Gasteiger partial charge in [0.2, 0.25) is 0 Å². The average molecular weight is 239 g/mol. The molecular formula is C13H13N5. The van der Waals surface area contributed by atoms with E-state index in [1.807, 2.05) is 31.3 Å². The van der Waals surface area contributed by atoms with Gasteiger partial charge < -0.3 is 16.5 Å². The highest BCUT2D eigenvalue weighted by Gasteiger charge is 2.09. The number of anilines is 2. The summed E-state index contributed by atoms with van der Waals surface area (Å²) in [6.45, 7) is 1.94. The van der Waals surface area contributed by atoms with Crippen LogP contribution in [0.2, 0.25) is 0 Å². The van der Waals surface area contributed by atoms with Crippen molar-refractivity contribution in [3.8, 4) is 11.1 Å². The van der Waals surface area contributed by atoms with Crippen LogP contribution in [0.3, 0.4) is 0 Å². The highest BCUT2D eigenvalue weighted by Crippen LogP contribution is 2.29. The summed E-state index contributed by atoms with van der Waals surface area (Å²) in [5, 5.41) is 1.02. The number of aromatic nitrogens is 3. The molecule has 0 aliphatic rings. The number of hydrogen-bond donors (Lipinski definition) is 3. The molecular weight excluding hydrogens is 226 g/mol. The smallest absolute Gasteiger partial charge is 0.140 e. The molecule has 0 saturated carbocycles. The zero-order valence-corrected chi connectivity index (χ0v) is 9.94. The minimum absolute atomic E-state index is 0.481. The molecule has 5 heteroatoms. The maximum atomic E-state index is 5.81. The van der Waals surface area contributed by atoms with Crippen molar-refractivity contribution in [2.24, 2.45) is 0 Å². The fraction of sp³-hybridized carbons (Fsp3) is 0.0769. The van der Waals surface area contributed by atoms with Gasteiger partial charge in [-0.15, -0.1) is 0 Å². The van der Waals surface area contributed by atoms with Crippen LogP contribution in [0.1, 0.15) is 5.56 Å². The molecule has 5 nitrogen and oxygen atoms in total. The van der Waals surface area contributed by atoms with Crippen LogP contribution < -0.4 is 11.5 Å². The van der Waals surface area contributed by atoms with Gasteiger partial charge in [0.15, 0.2) is 0 Å². The summed E-state index contributed by atoms with van der Waals surface area (Å²) in [7, 11) is 0. The average Bonchev–Trinajstić information content (AvgIpc) is 2.79. The van der Waals surface area contributed by atoms with Crippen molar-refractivity contribution in [3.63, 3.8) is 0 Å². The number of nitrogens with zero attached hydrogens (tertiary/aromatic N) is 2. The monoisotopic (exact) mass is 239 g/mol. The number of hydrogen-bond acceptors (Lipinski definition) is 4. The lowest BCUT2D eigenvalue weighted by molar-refractivity contribution is 1.28. The molecule has 5 N–H and O–H groups in total. The van der Waals surface area contributed by atoms with Crippen LogP contribution in [0.5, 0.6) is 0 Å². The third-order valence-corrected chi connectivity index (χ3v) is 2.98. The number of pyridine rings is 2. The van der Waals surface area contributed by atoms with Gasteiger partial charge in [-0.25, -0.2) is 9.97 Å². The Morgan fingerprint density at radius 2 is 2.06 bits per heavy atom. The largest absolute Gasteiger partial charge is 0.384 e. The van der Waals surface area contributed by atoms with Crippen molar-refractivity contribution in [1.82, 2.24) is 15.0 Å². The Hall–Kier alpha value is -2.56. The SMILES string of the molecule is Cc1cc(-c2cc(N)nc3[nH]ccc23)cnc1N. The molecule has 3 aromatic heterocycles. The first kappa shape index (κ1) is 10.6. The topological polar surface area (TPSA) is 93.6 Å². The van der Waals surface area contributed by atoms with Crippen molar-refractivity contribution >= 4 is 22.7 Å². The van der Waals surface area contributed by atoms with E-state index in [0.29, 0.717) is 11.6 Å². The van der Waals surface area contributed by atoms with Gasteiger partial charge in [-0.3, -0.25) is 0 Å². The Bertz CT molecular complexity index is 729. The van der Waals surface area contributed by atoms with Gasteiger partial charge in [0.1, 0.15) is 17.3 Å². The second kappa shape index (κ2) is 3.73. The lowest BCUT2D eigenvalue weighted by Crippen LogP contribution is -1.96. The van der Waals surface area contributed by atoms with Gasteiger partial charge in [-0.2, -0.15) is 0 Å². The summed E-state index contributed by atoms with van der Waals surface area (Å²) in [6.07, 6.45) is 3.60. The maximum Gasteiger partial charge on any atom is 0.140 e. The van der Waals surface area contributed by atoms with Gasteiger partial charge in [0.25, 0.3) is 0 Å². The van der Waals surface area contributed by atoms with E-state index < -0.39 is 0 Å². The van der Waals surface area contributed by atoms with E-state index >= 15 is 0 Å². The second-order valence-corrected chi connectivity index (χ2v) is 4.26. The van der Waals surface area contributed by atoms with Gasteiger partial charge in [-0.05, 0) is 36.2 Å². The standard InChI is InChI=1S/C13H13N5/c1-7-4-8(6-17-12(7)15)10-5-11(14)18-13-9(10)2-3-16-13/h2-6H,1H3,(H2,15,17)(H3,14,16,18). The van der Waals surface area contributed by atoms with Gasteiger partial charge >= 0.3 is 0 Å². The van der Waals surface area contributed by atoms with E-state index in [2.05, 4.69) is 15.0 Å². The molecule has 0 amide bonds. The molecule has 3 aromatic rings. The van der Waals surface area contributed by atoms with E-state index in [1.165, 1.54) is 0 Å². The van der Waals surface area contributed by atoms with Crippen molar-refractivity contribution in [2.75, 3.05) is 11.5 Å². The van der Waals surface area contributed by atoms with Crippen molar-refractivity contribution in [1.29, 1.82) is 0 Å². The summed E-state index contributed by atoms with van der Waals surface area (Å²) in [5.41, 5.74) is 15.3. The van der Waals surface area contributed by atoms with Gasteiger partial charge in [0.05, 0.1) is 0 Å². The molecule has 3 rings (SSSR count). The number of aromatic amines is 1. The number of rotatable bonds is 1. The summed E-state index contributed by atoms with van der Waals surface area (Å²) >= 11 is 0. The Kier molecular flexibility index (Phi) is 2.19. The molecule has 3 heterocycles. The zero-order chi connectivity index (χ0) is 12.7. The molecule has 0 saturated heterocycles. The number of nitrogens with two attached hydrogens (primary N) is 2. The second-order valence-electron chi connectivity index (χ2n) is 4.26. The zero-order valence-electron chi connectivity index (χ0n) is 9.94. The first-order valence-corrected chi connectivity index (χ1v) is 5.61. The third kappa shape index (κ3) is 1.57. The number of aryl methyl sites for hydroxylation is 1. The lowest BCUT2D eigenvalue weighted by atomic mass is 10.0. The Morgan fingerprint density at radius 3 is 2.83 bits per heavy atom. The third-order valence-electron chi connectivity index (χ3n) is 2.98. The Morgan fingerprint density at radius 1 is 1.22 bits per heavy atom. The van der Waals surface area contributed by atoms with Crippen LogP contribution in [0.25, 0.3) is 22.2 Å². The minimum atomic E-state index is 0.481. The molecule has 0 unspecified atom stereocenters. The van der Waals surface area contributed by atoms with Crippen LogP contribution in [0.15, 0.2) is 30.6 Å². The fourth-order valence-electron chi connectivity index (χ4n) is 2.03. The van der Waals surface area contributed by atoms with Crippen LogP contribution in [0, 0.1) is 6.92 Å². The summed E-state index contributed by atoms with van der Waals surface area (Å²) in [4.78, 5) is 11.5. The van der Waals surface area contributed by atoms with Crippen molar-refractivity contribution < 1.29 is 0 Å². The molecule has 0 spiro atoms. The predicted molar refractivity (Wildman–Crippen MR) is 72.9 cm³/mol. The molecule has 0 atom stereocenters. The Balaban J connectivity index is 2.30. The maximum absolute atomic E-state index is 5.81. The quantitative estimate of drug-likeness (QED) is 0.606. The highest BCUT2D eigenvalue weighted by molar-refractivity contribution is 5.94. The molecule has 0 fully saturated rings. The lowest BCUT2D eigenvalue weighted by Gasteiger charge is -2.07. The summed E-state index contributed by atoms with van der Waals surface area (Å²) in [5.74, 6) is 1.03. The van der Waals surface area contributed by atoms with E-state index in [1.54, 1.807) is 6.20 Å². The molecule has 0 radical (unpaired) electrons. The van der Waals surface area contributed by atoms with Crippen molar-refractivity contribution in [2.45, 2.75) is 6.92 Å². The number of nitrogen functional groups attached to an aromatic ring is 2. The molecule has 90 valence electrons. The molecule has 0 bridgehead atoms. The minimum Gasteiger partial charge on any atom is -0.384 e. The number of H-pyrrole nitrogens is 1. The number of nitrogens with one attached hydrogen (secondary N) is 1. The molecule has 18 heavy (non-hydrogen) atoms. The van der Waals surface area contributed by atoms with Crippen LogP contribution >= 0.6 is 0 Å². The van der Waals surface area contributed by atoms with Crippen LogP contribution in [-0.4, -0.2) is 15.0 Å². The Labute approximate surface area is 104 Å². The van der Waals surface area contributed by atoms with Crippen molar-refractivity contribution in [3.05, 3.63) is 36.2 Å². The van der Waals surface area contributed by atoms with Crippen LogP contribution in [0.4, 0.5) is 11.6 Å². The molecule has 0 aliphatic carbocycles. The highest BCUT2D eigenvalue weighted by atomic mass is 14.9. The normalized spacial score (nSPS) is 10.9. The number of fused-ring (bicyclic) bond motifs is 1. The molecule has 0 aliphatic heterocycles. The summed E-state index contributed by atoms with van der Waals surface area (Å²) in [6, 6.07) is 5.83.